The first-order valence-electron chi connectivity index (χ1n) is 4.39. The van der Waals surface area contributed by atoms with Gasteiger partial charge in [-0.2, -0.15) is 0 Å². The molecule has 0 spiro atoms. The van der Waals surface area contributed by atoms with Gasteiger partial charge in [-0.3, -0.25) is 0 Å². The van der Waals surface area contributed by atoms with Crippen LogP contribution in [0.25, 0.3) is 0 Å². The summed E-state index contributed by atoms with van der Waals surface area (Å²) in [7, 11) is 0. The van der Waals surface area contributed by atoms with Crippen molar-refractivity contribution >= 4 is 21.6 Å². The summed E-state index contributed by atoms with van der Waals surface area (Å²) in [6.45, 7) is 7.56. The maximum atomic E-state index is 13.2. The van der Waals surface area contributed by atoms with Crippen LogP contribution in [0.15, 0.2) is 29.3 Å². The molecule has 1 aromatic rings. The van der Waals surface area contributed by atoms with Crippen molar-refractivity contribution in [1.29, 1.82) is 0 Å². The van der Waals surface area contributed by atoms with Crippen LogP contribution in [0.2, 0.25) is 0 Å². The van der Waals surface area contributed by atoms with Crippen molar-refractivity contribution in [1.82, 2.24) is 0 Å². The average Bonchev–Trinajstić information content (AvgIpc) is 2.14. The molecule has 0 saturated carbocycles. The van der Waals surface area contributed by atoms with Crippen molar-refractivity contribution in [3.05, 3.63) is 40.6 Å². The lowest BCUT2D eigenvalue weighted by Crippen LogP contribution is -2.12. The Balaban J connectivity index is 2.97. The summed E-state index contributed by atoms with van der Waals surface area (Å²) in [5, 5.41) is 3.15. The molecule has 1 atom stereocenters. The molecule has 76 valence electrons. The average molecular weight is 258 g/mol. The van der Waals surface area contributed by atoms with E-state index in [9.17, 15) is 4.39 Å². The van der Waals surface area contributed by atoms with Crippen LogP contribution in [0.4, 0.5) is 10.1 Å². The molecule has 1 unspecified atom stereocenters. The van der Waals surface area contributed by atoms with Gasteiger partial charge in [-0.15, -0.1) is 6.58 Å². The third kappa shape index (κ3) is 2.58. The Kier molecular flexibility index (Phi) is 3.69. The van der Waals surface area contributed by atoms with Crippen LogP contribution in [-0.2, 0) is 0 Å². The van der Waals surface area contributed by atoms with Crippen LogP contribution in [0.3, 0.4) is 0 Å². The Bertz CT molecular complexity index is 349. The molecular weight excluding hydrogens is 245 g/mol. The summed E-state index contributed by atoms with van der Waals surface area (Å²) in [5.41, 5.74) is 1.81. The molecule has 0 fully saturated rings. The molecule has 0 aliphatic heterocycles. The maximum absolute atomic E-state index is 13.2. The largest absolute Gasteiger partial charge is 0.379 e. The summed E-state index contributed by atoms with van der Waals surface area (Å²) >= 11 is 3.14. The lowest BCUT2D eigenvalue weighted by Gasteiger charge is -2.13. The molecule has 1 nitrogen and oxygen atoms in total. The number of rotatable bonds is 3. The fraction of sp³-hybridized carbons (Fsp3) is 0.273. The molecule has 0 aliphatic carbocycles. The van der Waals surface area contributed by atoms with Crippen LogP contribution in [0.1, 0.15) is 12.5 Å². The van der Waals surface area contributed by atoms with E-state index in [4.69, 9.17) is 0 Å². The summed E-state index contributed by atoms with van der Waals surface area (Å²) in [5.74, 6) is -0.255. The van der Waals surface area contributed by atoms with Crippen molar-refractivity contribution in [3.8, 4) is 0 Å². The zero-order chi connectivity index (χ0) is 10.7. The molecule has 0 radical (unpaired) electrons. The van der Waals surface area contributed by atoms with Gasteiger partial charge in [0.05, 0.1) is 4.47 Å². The first-order valence-corrected chi connectivity index (χ1v) is 5.18. The van der Waals surface area contributed by atoms with Crippen molar-refractivity contribution in [3.63, 3.8) is 0 Å². The Labute approximate surface area is 92.1 Å². The molecule has 3 heteroatoms. The standard InChI is InChI=1S/C11H13BrFN/c1-4-8(3)14-11-6-10(13)9(12)5-7(11)2/h4-6,8,14H,1H2,2-3H3. The third-order valence-corrected chi connectivity index (χ3v) is 2.61. The molecule has 0 aromatic heterocycles. The van der Waals surface area contributed by atoms with Crippen molar-refractivity contribution in [2.75, 3.05) is 5.32 Å². The van der Waals surface area contributed by atoms with Crippen molar-refractivity contribution < 1.29 is 4.39 Å². The quantitative estimate of drug-likeness (QED) is 0.811. The summed E-state index contributed by atoms with van der Waals surface area (Å²) in [6, 6.07) is 3.38. The van der Waals surface area contributed by atoms with Gasteiger partial charge in [0, 0.05) is 11.7 Å². The number of benzene rings is 1. The smallest absolute Gasteiger partial charge is 0.139 e. The van der Waals surface area contributed by atoms with Gasteiger partial charge in [0.15, 0.2) is 0 Å². The van der Waals surface area contributed by atoms with Crippen LogP contribution >= 0.6 is 15.9 Å². The predicted molar refractivity (Wildman–Crippen MR) is 62.1 cm³/mol. The van der Waals surface area contributed by atoms with Gasteiger partial charge in [-0.05, 0) is 47.5 Å². The van der Waals surface area contributed by atoms with Gasteiger partial charge in [0.2, 0.25) is 0 Å². The van der Waals surface area contributed by atoms with Gasteiger partial charge in [0.25, 0.3) is 0 Å². The number of aryl methyl sites for hydroxylation is 1. The van der Waals surface area contributed by atoms with Gasteiger partial charge in [0.1, 0.15) is 5.82 Å². The van der Waals surface area contributed by atoms with E-state index < -0.39 is 0 Å². The van der Waals surface area contributed by atoms with Crippen LogP contribution in [-0.4, -0.2) is 6.04 Å². The molecular formula is C11H13BrFN. The lowest BCUT2D eigenvalue weighted by molar-refractivity contribution is 0.621. The van der Waals surface area contributed by atoms with Crippen LogP contribution < -0.4 is 5.32 Å². The van der Waals surface area contributed by atoms with Gasteiger partial charge >= 0.3 is 0 Å². The molecule has 0 heterocycles. The summed E-state index contributed by atoms with van der Waals surface area (Å²) < 4.78 is 13.7. The third-order valence-electron chi connectivity index (χ3n) is 2.00. The zero-order valence-corrected chi connectivity index (χ0v) is 9.86. The summed E-state index contributed by atoms with van der Waals surface area (Å²) in [4.78, 5) is 0. The Morgan fingerprint density at radius 3 is 2.79 bits per heavy atom. The van der Waals surface area contributed by atoms with E-state index in [0.29, 0.717) is 4.47 Å². The fourth-order valence-corrected chi connectivity index (χ4v) is 1.56. The first kappa shape index (κ1) is 11.2. The molecule has 1 rings (SSSR count). The van der Waals surface area contributed by atoms with E-state index >= 15 is 0 Å². The van der Waals surface area contributed by atoms with E-state index in [1.807, 2.05) is 13.8 Å². The van der Waals surface area contributed by atoms with Crippen LogP contribution in [0, 0.1) is 12.7 Å². The van der Waals surface area contributed by atoms with E-state index in [2.05, 4.69) is 27.8 Å². The minimum absolute atomic E-state index is 0.134. The number of halogens is 2. The zero-order valence-electron chi connectivity index (χ0n) is 8.27. The molecule has 14 heavy (non-hydrogen) atoms. The lowest BCUT2D eigenvalue weighted by atomic mass is 10.2. The second kappa shape index (κ2) is 4.60. The number of anilines is 1. The van der Waals surface area contributed by atoms with Gasteiger partial charge in [-0.25, -0.2) is 4.39 Å². The first-order chi connectivity index (χ1) is 6.54. The number of nitrogens with one attached hydrogen (secondary N) is 1. The highest BCUT2D eigenvalue weighted by molar-refractivity contribution is 9.10. The van der Waals surface area contributed by atoms with Gasteiger partial charge in [-0.1, -0.05) is 6.08 Å². The highest BCUT2D eigenvalue weighted by atomic mass is 79.9. The molecule has 0 saturated heterocycles. The van der Waals surface area contributed by atoms with Gasteiger partial charge < -0.3 is 5.32 Å². The van der Waals surface area contributed by atoms with E-state index in [1.165, 1.54) is 6.07 Å². The maximum Gasteiger partial charge on any atom is 0.139 e. The highest BCUT2D eigenvalue weighted by Gasteiger charge is 2.06. The van der Waals surface area contributed by atoms with Crippen LogP contribution in [0.5, 0.6) is 0 Å². The van der Waals surface area contributed by atoms with E-state index in [-0.39, 0.29) is 11.9 Å². The molecule has 1 aromatic carbocycles. The molecule has 1 N–H and O–H groups in total. The molecule has 0 bridgehead atoms. The second-order valence-electron chi connectivity index (χ2n) is 3.25. The minimum atomic E-state index is -0.255. The highest BCUT2D eigenvalue weighted by Crippen LogP contribution is 2.24. The number of hydrogen-bond acceptors (Lipinski definition) is 1. The van der Waals surface area contributed by atoms with E-state index in [1.54, 1.807) is 12.1 Å². The summed E-state index contributed by atoms with van der Waals surface area (Å²) in [6.07, 6.45) is 1.78. The SMILES string of the molecule is C=CC(C)Nc1cc(F)c(Br)cc1C. The number of hydrogen-bond donors (Lipinski definition) is 1. The Morgan fingerprint density at radius 1 is 1.57 bits per heavy atom. The Morgan fingerprint density at radius 2 is 2.21 bits per heavy atom. The topological polar surface area (TPSA) is 12.0 Å². The van der Waals surface area contributed by atoms with E-state index in [0.717, 1.165) is 11.3 Å². The second-order valence-corrected chi connectivity index (χ2v) is 4.10. The molecule has 0 amide bonds. The van der Waals surface area contributed by atoms with Crippen molar-refractivity contribution in [2.45, 2.75) is 19.9 Å². The predicted octanol–water partition coefficient (Wildman–Crippen LogP) is 3.88. The molecule has 0 aliphatic rings. The fourth-order valence-electron chi connectivity index (χ4n) is 1.11. The Hall–Kier alpha value is -0.830. The minimum Gasteiger partial charge on any atom is -0.379 e. The monoisotopic (exact) mass is 257 g/mol. The van der Waals surface area contributed by atoms with Crippen molar-refractivity contribution in [2.24, 2.45) is 0 Å². The normalized spacial score (nSPS) is 12.3.